The van der Waals surface area contributed by atoms with E-state index in [2.05, 4.69) is 21.1 Å². The number of nitrogens with zero attached hydrogens (tertiary/aromatic N) is 5. The Hall–Kier alpha value is -2.13. The third kappa shape index (κ3) is 3.30. The summed E-state index contributed by atoms with van der Waals surface area (Å²) in [5.41, 5.74) is 1.42. The van der Waals surface area contributed by atoms with Crippen LogP contribution in [0.1, 0.15) is 38.1 Å². The number of aromatic nitrogens is 4. The minimum Gasteiger partial charge on any atom is -0.493 e. The Bertz CT molecular complexity index is 718. The molecule has 0 radical (unpaired) electrons. The van der Waals surface area contributed by atoms with Crippen molar-refractivity contribution in [3.63, 3.8) is 0 Å². The van der Waals surface area contributed by atoms with Crippen LogP contribution in [0, 0.1) is 17.2 Å². The zero-order valence-corrected chi connectivity index (χ0v) is 13.7. The van der Waals surface area contributed by atoms with Gasteiger partial charge in [0.25, 0.3) is 0 Å². The van der Waals surface area contributed by atoms with Crippen LogP contribution >= 0.6 is 11.6 Å². The second-order valence-corrected chi connectivity index (χ2v) is 6.08. The molecule has 0 bridgehead atoms. The first kappa shape index (κ1) is 15.8. The molecule has 0 amide bonds. The smallest absolute Gasteiger partial charge is 0.223 e. The second kappa shape index (κ2) is 6.97. The maximum absolute atomic E-state index is 9.15. The molecule has 1 atom stereocenters. The lowest BCUT2D eigenvalue weighted by atomic mass is 9.96. The van der Waals surface area contributed by atoms with Crippen LogP contribution in [0.2, 0.25) is 5.28 Å². The summed E-state index contributed by atoms with van der Waals surface area (Å²) in [6, 6.07) is 2.40. The van der Waals surface area contributed by atoms with E-state index >= 15 is 0 Å². The van der Waals surface area contributed by atoms with Gasteiger partial charge in [0.1, 0.15) is 5.69 Å². The summed E-state index contributed by atoms with van der Waals surface area (Å²) in [5, 5.41) is 13.8. The van der Waals surface area contributed by atoms with Crippen molar-refractivity contribution in [2.24, 2.45) is 5.92 Å². The van der Waals surface area contributed by atoms with Gasteiger partial charge in [0.05, 0.1) is 38.0 Å². The lowest BCUT2D eigenvalue weighted by molar-refractivity contribution is 0.315. The van der Waals surface area contributed by atoms with E-state index < -0.39 is 0 Å². The minimum atomic E-state index is 0.111. The normalized spacial score (nSPS) is 16.2. The zero-order chi connectivity index (χ0) is 16.2. The molecule has 0 spiro atoms. The van der Waals surface area contributed by atoms with Gasteiger partial charge in [0.2, 0.25) is 5.28 Å². The summed E-state index contributed by atoms with van der Waals surface area (Å²) in [7, 11) is 1.57. The highest BCUT2D eigenvalue weighted by atomic mass is 35.5. The molecule has 1 unspecified atom stereocenters. The first-order chi connectivity index (χ1) is 11.2. The maximum atomic E-state index is 9.15. The average molecular weight is 332 g/mol. The van der Waals surface area contributed by atoms with Gasteiger partial charge in [-0.1, -0.05) is 12.8 Å². The summed E-state index contributed by atoms with van der Waals surface area (Å²) < 4.78 is 7.19. The highest BCUT2D eigenvalue weighted by Crippen LogP contribution is 2.37. The summed E-state index contributed by atoms with van der Waals surface area (Å²) >= 11 is 5.90. The number of halogens is 1. The molecule has 23 heavy (non-hydrogen) atoms. The molecule has 1 aliphatic rings. The SMILES string of the molecule is COc1cnc(Cl)nc1-c1cnn(C(CC#N)C2CCCC2)c1. The Morgan fingerprint density at radius 3 is 2.91 bits per heavy atom. The lowest BCUT2D eigenvalue weighted by Gasteiger charge is -2.21. The fraction of sp³-hybridized carbons (Fsp3) is 0.500. The zero-order valence-electron chi connectivity index (χ0n) is 12.9. The lowest BCUT2D eigenvalue weighted by Crippen LogP contribution is -2.17. The number of hydrogen-bond acceptors (Lipinski definition) is 5. The van der Waals surface area contributed by atoms with Gasteiger partial charge in [-0.25, -0.2) is 9.97 Å². The molecule has 0 aromatic carbocycles. The van der Waals surface area contributed by atoms with E-state index in [0.29, 0.717) is 23.8 Å². The maximum Gasteiger partial charge on any atom is 0.223 e. The van der Waals surface area contributed by atoms with Crippen LogP contribution in [0.15, 0.2) is 18.6 Å². The van der Waals surface area contributed by atoms with Crippen molar-refractivity contribution >= 4 is 11.6 Å². The Morgan fingerprint density at radius 1 is 1.43 bits per heavy atom. The Kier molecular flexibility index (Phi) is 4.77. The van der Waals surface area contributed by atoms with Gasteiger partial charge in [0.15, 0.2) is 5.75 Å². The standard InChI is InChI=1S/C16H18ClN5O/c1-23-14-9-19-16(17)21-15(14)12-8-20-22(10-12)13(6-7-18)11-4-2-3-5-11/h8-11,13H,2-6H2,1H3. The van der Waals surface area contributed by atoms with Crippen molar-refractivity contribution in [3.05, 3.63) is 23.9 Å². The van der Waals surface area contributed by atoms with Gasteiger partial charge in [-0.05, 0) is 30.4 Å². The van der Waals surface area contributed by atoms with E-state index in [0.717, 1.165) is 18.4 Å². The third-order valence-electron chi connectivity index (χ3n) is 4.40. The van der Waals surface area contributed by atoms with Crippen molar-refractivity contribution in [3.8, 4) is 23.1 Å². The molecule has 2 aromatic heterocycles. The summed E-state index contributed by atoms with van der Waals surface area (Å²) in [6.45, 7) is 0. The molecule has 2 heterocycles. The van der Waals surface area contributed by atoms with Crippen LogP contribution in [0.4, 0.5) is 0 Å². The summed E-state index contributed by atoms with van der Waals surface area (Å²) in [4.78, 5) is 8.17. The molecule has 120 valence electrons. The number of nitriles is 1. The molecule has 1 aliphatic carbocycles. The summed E-state index contributed by atoms with van der Waals surface area (Å²) in [5.74, 6) is 1.06. The molecule has 1 saturated carbocycles. The molecular formula is C16H18ClN5O. The molecule has 7 heteroatoms. The first-order valence-corrected chi connectivity index (χ1v) is 8.08. The summed E-state index contributed by atoms with van der Waals surface area (Å²) in [6.07, 6.45) is 10.4. The minimum absolute atomic E-state index is 0.111. The molecule has 6 nitrogen and oxygen atoms in total. The van der Waals surface area contributed by atoms with Crippen molar-refractivity contribution < 1.29 is 4.74 Å². The molecule has 0 aliphatic heterocycles. The Balaban J connectivity index is 1.93. The van der Waals surface area contributed by atoms with Crippen molar-refractivity contribution in [2.45, 2.75) is 38.1 Å². The quantitative estimate of drug-likeness (QED) is 0.781. The largest absolute Gasteiger partial charge is 0.493 e. The topological polar surface area (TPSA) is 76.6 Å². The van der Waals surface area contributed by atoms with E-state index in [1.54, 1.807) is 19.5 Å². The molecule has 3 rings (SSSR count). The van der Waals surface area contributed by atoms with Crippen LogP contribution in [0.25, 0.3) is 11.3 Å². The fourth-order valence-electron chi connectivity index (χ4n) is 3.26. The molecule has 2 aromatic rings. The molecule has 0 saturated heterocycles. The Morgan fingerprint density at radius 2 is 2.22 bits per heavy atom. The van der Waals surface area contributed by atoms with Crippen LogP contribution in [0.3, 0.4) is 0 Å². The monoisotopic (exact) mass is 331 g/mol. The van der Waals surface area contributed by atoms with Crippen LogP contribution in [-0.4, -0.2) is 26.9 Å². The predicted molar refractivity (Wildman–Crippen MR) is 86.0 cm³/mol. The van der Waals surface area contributed by atoms with Crippen molar-refractivity contribution in [2.75, 3.05) is 7.11 Å². The first-order valence-electron chi connectivity index (χ1n) is 7.71. The van der Waals surface area contributed by atoms with Crippen LogP contribution < -0.4 is 4.74 Å². The van der Waals surface area contributed by atoms with Gasteiger partial charge < -0.3 is 4.74 Å². The van der Waals surface area contributed by atoms with Gasteiger partial charge in [-0.2, -0.15) is 10.4 Å². The van der Waals surface area contributed by atoms with Gasteiger partial charge in [-0.15, -0.1) is 0 Å². The van der Waals surface area contributed by atoms with E-state index in [1.807, 2.05) is 10.9 Å². The third-order valence-corrected chi connectivity index (χ3v) is 4.59. The van der Waals surface area contributed by atoms with Crippen LogP contribution in [-0.2, 0) is 0 Å². The van der Waals surface area contributed by atoms with Crippen molar-refractivity contribution in [1.82, 2.24) is 19.7 Å². The van der Waals surface area contributed by atoms with Gasteiger partial charge in [-0.3, -0.25) is 4.68 Å². The highest BCUT2D eigenvalue weighted by Gasteiger charge is 2.27. The average Bonchev–Trinajstić information content (AvgIpc) is 3.24. The van der Waals surface area contributed by atoms with E-state index in [-0.39, 0.29) is 11.3 Å². The molecule has 1 fully saturated rings. The molecular weight excluding hydrogens is 314 g/mol. The highest BCUT2D eigenvalue weighted by molar-refractivity contribution is 6.28. The van der Waals surface area contributed by atoms with Crippen molar-refractivity contribution in [1.29, 1.82) is 5.26 Å². The predicted octanol–water partition coefficient (Wildman–Crippen LogP) is 3.65. The van der Waals surface area contributed by atoms with Crippen LogP contribution in [0.5, 0.6) is 5.75 Å². The number of rotatable bonds is 5. The van der Waals surface area contributed by atoms with Gasteiger partial charge in [0, 0.05) is 11.8 Å². The molecule has 0 N–H and O–H groups in total. The number of hydrogen-bond donors (Lipinski definition) is 0. The number of ether oxygens (including phenoxy) is 1. The second-order valence-electron chi connectivity index (χ2n) is 5.74. The van der Waals surface area contributed by atoms with E-state index in [9.17, 15) is 0 Å². The fourth-order valence-corrected chi connectivity index (χ4v) is 3.39. The van der Waals surface area contributed by atoms with Gasteiger partial charge >= 0.3 is 0 Å². The van der Waals surface area contributed by atoms with E-state index in [1.165, 1.54) is 12.8 Å². The van der Waals surface area contributed by atoms with E-state index in [4.69, 9.17) is 21.6 Å². The number of methoxy groups -OCH3 is 1. The Labute approximate surface area is 140 Å².